The fraction of sp³-hybridized carbons (Fsp3) is 0.500. The molecule has 8 heteroatoms. The third-order valence-corrected chi connectivity index (χ3v) is 4.59. The van der Waals surface area contributed by atoms with Crippen LogP contribution in [0.15, 0.2) is 30.0 Å². The number of nitrogens with zero attached hydrogens (tertiary/aromatic N) is 3. The first-order valence-electron chi connectivity index (χ1n) is 8.94. The molecule has 1 fully saturated rings. The normalized spacial score (nSPS) is 19.2. The molecular weight excluding hydrogens is 340 g/mol. The van der Waals surface area contributed by atoms with E-state index in [0.717, 1.165) is 0 Å². The predicted molar refractivity (Wildman–Crippen MR) is 100.0 cm³/mol. The van der Waals surface area contributed by atoms with Gasteiger partial charge < -0.3 is 15.5 Å². The molecule has 2 aliphatic rings. The summed E-state index contributed by atoms with van der Waals surface area (Å²) in [5.74, 6) is -1.46. The van der Waals surface area contributed by atoms with Crippen LogP contribution in [0.4, 0.5) is 24.5 Å². The lowest BCUT2D eigenvalue weighted by Crippen LogP contribution is -2.50. The molecule has 1 aromatic rings. The molecular formula is C18H24BF3N4. The van der Waals surface area contributed by atoms with Crippen molar-refractivity contribution in [3.63, 3.8) is 0 Å². The molecule has 0 spiro atoms. The molecule has 0 aliphatic carbocycles. The molecule has 4 nitrogen and oxygen atoms in total. The molecule has 2 heterocycles. The number of anilines is 2. The van der Waals surface area contributed by atoms with Crippen molar-refractivity contribution in [3.8, 4) is 5.97 Å². The van der Waals surface area contributed by atoms with Crippen LogP contribution in [0.5, 0.6) is 0 Å². The monoisotopic (exact) mass is 364 g/mol. The van der Waals surface area contributed by atoms with Gasteiger partial charge in [0.2, 0.25) is 0 Å². The summed E-state index contributed by atoms with van der Waals surface area (Å²) in [6, 6.07) is 4.51. The summed E-state index contributed by atoms with van der Waals surface area (Å²) < 4.78 is 42.5. The molecule has 0 saturated carbocycles. The van der Waals surface area contributed by atoms with Gasteiger partial charge in [-0.2, -0.15) is 0 Å². The second-order valence-corrected chi connectivity index (χ2v) is 6.24. The summed E-state index contributed by atoms with van der Waals surface area (Å²) in [5, 5.41) is 8.85. The van der Waals surface area contributed by atoms with Gasteiger partial charge in [-0.05, 0) is 24.5 Å². The summed E-state index contributed by atoms with van der Waals surface area (Å²) in [4.78, 5) is 3.49. The van der Waals surface area contributed by atoms with Crippen molar-refractivity contribution in [2.75, 3.05) is 36.8 Å². The van der Waals surface area contributed by atoms with Gasteiger partial charge in [0, 0.05) is 44.2 Å². The first-order chi connectivity index (χ1) is 12.4. The van der Waals surface area contributed by atoms with E-state index in [4.69, 9.17) is 11.0 Å². The average Bonchev–Trinajstić information content (AvgIpc) is 2.63. The zero-order chi connectivity index (χ0) is 19.3. The van der Waals surface area contributed by atoms with E-state index in [2.05, 4.69) is 0 Å². The maximum atomic E-state index is 14.3. The van der Waals surface area contributed by atoms with Crippen LogP contribution in [0, 0.1) is 17.0 Å². The molecule has 0 bridgehead atoms. The number of nitrogens with two attached hydrogens (primary N) is 1. The molecule has 26 heavy (non-hydrogen) atoms. The molecule has 1 aromatic carbocycles. The fourth-order valence-corrected chi connectivity index (χ4v) is 3.33. The van der Waals surface area contributed by atoms with Gasteiger partial charge in [-0.15, -0.1) is 0 Å². The van der Waals surface area contributed by atoms with Crippen LogP contribution >= 0.6 is 0 Å². The Balaban J connectivity index is 0.00000117. The average molecular weight is 364 g/mol. The molecule has 2 aliphatic heterocycles. The lowest BCUT2D eigenvalue weighted by molar-refractivity contribution is 0.0261. The molecule has 2 N–H and O–H groups in total. The smallest absolute Gasteiger partial charge is 0.281 e. The summed E-state index contributed by atoms with van der Waals surface area (Å²) in [5.41, 5.74) is 6.35. The number of hydrogen-bond acceptors (Lipinski definition) is 4. The molecule has 1 saturated heterocycles. The molecule has 0 amide bonds. The molecule has 140 valence electrons. The summed E-state index contributed by atoms with van der Waals surface area (Å²) in [6.45, 7) is 5.06. The SMILES string of the molecule is CC.N#CB1CC=C(N2CCN(c3ccc(N)cc3F)CC2)C(F)(F)C1. The maximum absolute atomic E-state index is 14.3. The minimum atomic E-state index is -2.98. The third-order valence-electron chi connectivity index (χ3n) is 4.59. The Morgan fingerprint density at radius 1 is 1.15 bits per heavy atom. The molecule has 0 atom stereocenters. The van der Waals surface area contributed by atoms with Crippen molar-refractivity contribution in [2.24, 2.45) is 0 Å². The number of rotatable bonds is 2. The van der Waals surface area contributed by atoms with E-state index < -0.39 is 24.8 Å². The number of hydrogen-bond donors (Lipinski definition) is 1. The Kier molecular flexibility index (Phi) is 6.46. The summed E-state index contributed by atoms with van der Waals surface area (Å²) in [7, 11) is 0. The zero-order valence-electron chi connectivity index (χ0n) is 15.2. The highest BCUT2D eigenvalue weighted by Gasteiger charge is 2.44. The van der Waals surface area contributed by atoms with Gasteiger partial charge >= 0.3 is 0 Å². The van der Waals surface area contributed by atoms with E-state index in [9.17, 15) is 13.2 Å². The standard InChI is InChI=1S/C16H18BF3N4.C2H6/c18-13-9-12(22)1-2-14(13)23-5-7-24(8-6-23)15-3-4-17(11-21)10-16(15,19)20;1-2/h1-3,9H,4-8,10,22H2;1-2H3. The number of piperazine rings is 1. The van der Waals surface area contributed by atoms with Gasteiger partial charge in [0.15, 0.2) is 0 Å². The van der Waals surface area contributed by atoms with Crippen LogP contribution in [-0.4, -0.2) is 43.7 Å². The van der Waals surface area contributed by atoms with Gasteiger partial charge in [-0.25, -0.2) is 18.4 Å². The highest BCUT2D eigenvalue weighted by molar-refractivity contribution is 6.67. The van der Waals surface area contributed by atoms with Crippen molar-refractivity contribution in [2.45, 2.75) is 32.4 Å². The van der Waals surface area contributed by atoms with Crippen molar-refractivity contribution in [3.05, 3.63) is 35.8 Å². The van der Waals surface area contributed by atoms with Crippen LogP contribution in [-0.2, 0) is 0 Å². The van der Waals surface area contributed by atoms with Gasteiger partial charge in [0.05, 0.1) is 11.4 Å². The summed E-state index contributed by atoms with van der Waals surface area (Å²) >= 11 is 0. The molecule has 0 radical (unpaired) electrons. The number of benzene rings is 1. The number of nitrogen functional groups attached to an aromatic ring is 1. The molecule has 0 aromatic heterocycles. The van der Waals surface area contributed by atoms with E-state index in [0.29, 0.717) is 43.9 Å². The molecule has 0 unspecified atom stereocenters. The van der Waals surface area contributed by atoms with E-state index in [1.807, 2.05) is 24.7 Å². The van der Waals surface area contributed by atoms with Gasteiger partial charge in [-0.1, -0.05) is 19.9 Å². The first-order valence-corrected chi connectivity index (χ1v) is 8.94. The van der Waals surface area contributed by atoms with Crippen LogP contribution in [0.25, 0.3) is 0 Å². The summed E-state index contributed by atoms with van der Waals surface area (Å²) in [6.07, 6.45) is 1.41. The van der Waals surface area contributed by atoms with Crippen molar-refractivity contribution >= 4 is 18.1 Å². The van der Waals surface area contributed by atoms with E-state index in [1.54, 1.807) is 17.0 Å². The lowest BCUT2D eigenvalue weighted by atomic mass is 9.43. The van der Waals surface area contributed by atoms with Crippen LogP contribution in [0.1, 0.15) is 13.8 Å². The largest absolute Gasteiger partial charge is 0.399 e. The zero-order valence-corrected chi connectivity index (χ0v) is 15.2. The van der Waals surface area contributed by atoms with Crippen LogP contribution in [0.3, 0.4) is 0 Å². The number of allylic oxidation sites excluding steroid dienone is 2. The highest BCUT2D eigenvalue weighted by Crippen LogP contribution is 2.37. The van der Waals surface area contributed by atoms with E-state index >= 15 is 0 Å². The van der Waals surface area contributed by atoms with Crippen LogP contribution < -0.4 is 10.6 Å². The number of nitriles is 1. The highest BCUT2D eigenvalue weighted by atomic mass is 19.3. The Labute approximate surface area is 153 Å². The second-order valence-electron chi connectivity index (χ2n) is 6.24. The number of halogens is 3. The molecule has 3 rings (SSSR count). The maximum Gasteiger partial charge on any atom is 0.281 e. The van der Waals surface area contributed by atoms with Crippen LogP contribution in [0.2, 0.25) is 12.6 Å². The van der Waals surface area contributed by atoms with Crippen molar-refractivity contribution < 1.29 is 13.2 Å². The topological polar surface area (TPSA) is 56.3 Å². The predicted octanol–water partition coefficient (Wildman–Crippen LogP) is 3.65. The first kappa shape index (κ1) is 20.0. The van der Waals surface area contributed by atoms with E-state index in [1.165, 1.54) is 12.1 Å². The number of alkyl halides is 2. The van der Waals surface area contributed by atoms with Gasteiger partial charge in [0.25, 0.3) is 12.6 Å². The van der Waals surface area contributed by atoms with Crippen molar-refractivity contribution in [1.82, 2.24) is 4.90 Å². The Morgan fingerprint density at radius 3 is 2.31 bits per heavy atom. The Morgan fingerprint density at radius 2 is 1.77 bits per heavy atom. The fourth-order valence-electron chi connectivity index (χ4n) is 3.33. The Hall–Kier alpha value is -2.30. The van der Waals surface area contributed by atoms with Crippen molar-refractivity contribution in [1.29, 1.82) is 5.26 Å². The minimum absolute atomic E-state index is 0.00595. The van der Waals surface area contributed by atoms with E-state index in [-0.39, 0.29) is 5.70 Å². The second kappa shape index (κ2) is 8.39. The van der Waals surface area contributed by atoms with Gasteiger partial charge in [-0.3, -0.25) is 0 Å². The minimum Gasteiger partial charge on any atom is -0.399 e. The lowest BCUT2D eigenvalue weighted by Gasteiger charge is -2.41. The quantitative estimate of drug-likeness (QED) is 0.643. The Bertz CT molecular complexity index is 694. The third kappa shape index (κ3) is 4.27. The van der Waals surface area contributed by atoms with Gasteiger partial charge in [0.1, 0.15) is 5.82 Å².